The molecule has 5 nitrogen and oxygen atoms in total. The highest BCUT2D eigenvalue weighted by atomic mass is 35.5. The minimum Gasteiger partial charge on any atom is -0.385 e. The molecule has 0 aliphatic carbocycles. The maximum absolute atomic E-state index is 12.5. The van der Waals surface area contributed by atoms with Crippen molar-refractivity contribution in [3.63, 3.8) is 0 Å². The SMILES string of the molecule is COCCCNC(=O)C(C)N(Cc1ccc(Cl)cc1)C(=O)C(C)C. The molecule has 0 heterocycles. The van der Waals surface area contributed by atoms with Gasteiger partial charge in [-0.05, 0) is 31.0 Å². The summed E-state index contributed by atoms with van der Waals surface area (Å²) >= 11 is 5.90. The highest BCUT2D eigenvalue weighted by molar-refractivity contribution is 6.30. The zero-order valence-corrected chi connectivity index (χ0v) is 15.6. The molecule has 0 fully saturated rings. The molecule has 0 radical (unpaired) electrons. The number of hydrogen-bond acceptors (Lipinski definition) is 3. The van der Waals surface area contributed by atoms with Gasteiger partial charge in [0.1, 0.15) is 6.04 Å². The first-order chi connectivity index (χ1) is 11.4. The van der Waals surface area contributed by atoms with E-state index in [1.807, 2.05) is 26.0 Å². The molecule has 0 saturated heterocycles. The maximum Gasteiger partial charge on any atom is 0.242 e. The van der Waals surface area contributed by atoms with Gasteiger partial charge in [0.05, 0.1) is 0 Å². The lowest BCUT2D eigenvalue weighted by Crippen LogP contribution is -2.49. The van der Waals surface area contributed by atoms with Crippen LogP contribution >= 0.6 is 11.6 Å². The Balaban J connectivity index is 2.78. The fraction of sp³-hybridized carbons (Fsp3) is 0.556. The van der Waals surface area contributed by atoms with Crippen LogP contribution in [0.2, 0.25) is 5.02 Å². The molecule has 1 aromatic carbocycles. The van der Waals surface area contributed by atoms with Crippen LogP contribution in [0.25, 0.3) is 0 Å². The van der Waals surface area contributed by atoms with Crippen molar-refractivity contribution in [2.75, 3.05) is 20.3 Å². The standard InChI is InChI=1S/C18H27ClN2O3/c1-13(2)18(23)21(12-15-6-8-16(19)9-7-15)14(3)17(22)20-10-5-11-24-4/h6-9,13-14H,5,10-12H2,1-4H3,(H,20,22). The number of amides is 2. The number of rotatable bonds is 9. The first-order valence-electron chi connectivity index (χ1n) is 8.18. The van der Waals surface area contributed by atoms with Gasteiger partial charge in [-0.25, -0.2) is 0 Å². The lowest BCUT2D eigenvalue weighted by atomic mass is 10.1. The number of nitrogens with zero attached hydrogens (tertiary/aromatic N) is 1. The summed E-state index contributed by atoms with van der Waals surface area (Å²) in [6, 6.07) is 6.76. The number of nitrogens with one attached hydrogen (secondary N) is 1. The molecule has 0 aliphatic rings. The van der Waals surface area contributed by atoms with Crippen molar-refractivity contribution < 1.29 is 14.3 Å². The number of carbonyl (C=O) groups is 2. The molecule has 24 heavy (non-hydrogen) atoms. The average Bonchev–Trinajstić information content (AvgIpc) is 2.56. The smallest absolute Gasteiger partial charge is 0.242 e. The molecule has 0 aliphatic heterocycles. The van der Waals surface area contributed by atoms with Crippen LogP contribution in [-0.2, 0) is 20.9 Å². The first kappa shape index (κ1) is 20.5. The third-order valence-electron chi connectivity index (χ3n) is 3.71. The van der Waals surface area contributed by atoms with Crippen LogP contribution in [0, 0.1) is 5.92 Å². The Morgan fingerprint density at radius 1 is 1.21 bits per heavy atom. The Morgan fingerprint density at radius 3 is 2.38 bits per heavy atom. The quantitative estimate of drug-likeness (QED) is 0.694. The van der Waals surface area contributed by atoms with Gasteiger partial charge in [0, 0.05) is 37.7 Å². The van der Waals surface area contributed by atoms with Gasteiger partial charge in [-0.2, -0.15) is 0 Å². The van der Waals surface area contributed by atoms with Gasteiger partial charge in [-0.1, -0.05) is 37.6 Å². The highest BCUT2D eigenvalue weighted by Crippen LogP contribution is 2.15. The summed E-state index contributed by atoms with van der Waals surface area (Å²) in [5.41, 5.74) is 0.937. The summed E-state index contributed by atoms with van der Waals surface area (Å²) < 4.78 is 4.96. The number of carbonyl (C=O) groups excluding carboxylic acids is 2. The fourth-order valence-electron chi connectivity index (χ4n) is 2.24. The first-order valence-corrected chi connectivity index (χ1v) is 8.56. The summed E-state index contributed by atoms with van der Waals surface area (Å²) in [4.78, 5) is 26.5. The number of benzene rings is 1. The largest absolute Gasteiger partial charge is 0.385 e. The van der Waals surface area contributed by atoms with E-state index in [0.717, 1.165) is 12.0 Å². The van der Waals surface area contributed by atoms with Crippen molar-refractivity contribution in [1.82, 2.24) is 10.2 Å². The second-order valence-electron chi connectivity index (χ2n) is 6.06. The normalized spacial score (nSPS) is 12.1. The van der Waals surface area contributed by atoms with Gasteiger partial charge >= 0.3 is 0 Å². The van der Waals surface area contributed by atoms with Gasteiger partial charge < -0.3 is 15.0 Å². The molecule has 134 valence electrons. The number of methoxy groups -OCH3 is 1. The highest BCUT2D eigenvalue weighted by Gasteiger charge is 2.27. The van der Waals surface area contributed by atoms with Crippen molar-refractivity contribution in [3.8, 4) is 0 Å². The molecule has 1 atom stereocenters. The molecular formula is C18H27ClN2O3. The van der Waals surface area contributed by atoms with E-state index in [0.29, 0.717) is 24.7 Å². The van der Waals surface area contributed by atoms with Crippen molar-refractivity contribution in [2.24, 2.45) is 5.92 Å². The van der Waals surface area contributed by atoms with E-state index in [1.165, 1.54) is 0 Å². The van der Waals surface area contributed by atoms with Crippen molar-refractivity contribution >= 4 is 23.4 Å². The van der Waals surface area contributed by atoms with E-state index in [9.17, 15) is 9.59 Å². The number of halogens is 1. The Morgan fingerprint density at radius 2 is 1.83 bits per heavy atom. The average molecular weight is 355 g/mol. The van der Waals surface area contributed by atoms with Gasteiger partial charge in [-0.3, -0.25) is 9.59 Å². The van der Waals surface area contributed by atoms with Crippen LogP contribution < -0.4 is 5.32 Å². The van der Waals surface area contributed by atoms with Crippen molar-refractivity contribution in [3.05, 3.63) is 34.9 Å². The van der Waals surface area contributed by atoms with E-state index in [1.54, 1.807) is 31.1 Å². The minimum absolute atomic E-state index is 0.0514. The summed E-state index contributed by atoms with van der Waals surface area (Å²) in [6.45, 7) is 6.92. The van der Waals surface area contributed by atoms with E-state index < -0.39 is 6.04 Å². The second kappa shape index (κ2) is 10.3. The molecule has 0 bridgehead atoms. The minimum atomic E-state index is -0.543. The molecule has 0 spiro atoms. The maximum atomic E-state index is 12.5. The molecule has 1 rings (SSSR count). The zero-order valence-electron chi connectivity index (χ0n) is 14.8. The Kier molecular flexibility index (Phi) is 8.79. The van der Waals surface area contributed by atoms with Crippen LogP contribution in [0.15, 0.2) is 24.3 Å². The molecule has 1 unspecified atom stereocenters. The van der Waals surface area contributed by atoms with Crippen LogP contribution in [0.1, 0.15) is 32.8 Å². The van der Waals surface area contributed by atoms with E-state index >= 15 is 0 Å². The summed E-state index contributed by atoms with van der Waals surface area (Å²) in [5.74, 6) is -0.389. The predicted molar refractivity (Wildman–Crippen MR) is 95.8 cm³/mol. The molecule has 2 amide bonds. The van der Waals surface area contributed by atoms with Crippen LogP contribution in [0.3, 0.4) is 0 Å². The lowest BCUT2D eigenvalue weighted by Gasteiger charge is -2.30. The number of ether oxygens (including phenoxy) is 1. The van der Waals surface area contributed by atoms with Gasteiger partial charge in [0.2, 0.25) is 11.8 Å². The Labute approximate surface area is 149 Å². The van der Waals surface area contributed by atoms with Crippen LogP contribution in [0.4, 0.5) is 0 Å². The third kappa shape index (κ3) is 6.49. The van der Waals surface area contributed by atoms with Gasteiger partial charge in [0.15, 0.2) is 0 Å². The van der Waals surface area contributed by atoms with E-state index in [2.05, 4.69) is 5.32 Å². The van der Waals surface area contributed by atoms with E-state index in [4.69, 9.17) is 16.3 Å². The van der Waals surface area contributed by atoms with Crippen molar-refractivity contribution in [1.29, 1.82) is 0 Å². The molecule has 1 aromatic rings. The molecule has 0 saturated carbocycles. The molecule has 6 heteroatoms. The number of hydrogen-bond donors (Lipinski definition) is 1. The predicted octanol–water partition coefficient (Wildman–Crippen LogP) is 2.87. The topological polar surface area (TPSA) is 58.6 Å². The van der Waals surface area contributed by atoms with Gasteiger partial charge in [0.25, 0.3) is 0 Å². The van der Waals surface area contributed by atoms with Crippen LogP contribution in [0.5, 0.6) is 0 Å². The van der Waals surface area contributed by atoms with E-state index in [-0.39, 0.29) is 17.7 Å². The summed E-state index contributed by atoms with van der Waals surface area (Å²) in [7, 11) is 1.62. The fourth-order valence-corrected chi connectivity index (χ4v) is 2.37. The zero-order chi connectivity index (χ0) is 18.1. The van der Waals surface area contributed by atoms with Gasteiger partial charge in [-0.15, -0.1) is 0 Å². The second-order valence-corrected chi connectivity index (χ2v) is 6.50. The van der Waals surface area contributed by atoms with Crippen molar-refractivity contribution in [2.45, 2.75) is 39.8 Å². The molecule has 1 N–H and O–H groups in total. The third-order valence-corrected chi connectivity index (χ3v) is 3.97. The van der Waals surface area contributed by atoms with Crippen LogP contribution in [-0.4, -0.2) is 43.0 Å². The molecule has 0 aromatic heterocycles. The molecular weight excluding hydrogens is 328 g/mol. The Bertz CT molecular complexity index is 532. The summed E-state index contributed by atoms with van der Waals surface area (Å²) in [5, 5.41) is 3.50. The monoisotopic (exact) mass is 354 g/mol. The summed E-state index contributed by atoms with van der Waals surface area (Å²) in [6.07, 6.45) is 0.740. The Hall–Kier alpha value is -1.59. The lowest BCUT2D eigenvalue weighted by molar-refractivity contribution is -0.143.